The smallest absolute Gasteiger partial charge is 0.384 e. The molecule has 0 spiro atoms. The fraction of sp³-hybridized carbons (Fsp3) is 0.167. The van der Waals surface area contributed by atoms with Crippen molar-refractivity contribution in [2.24, 2.45) is 0 Å². The van der Waals surface area contributed by atoms with E-state index in [1.807, 2.05) is 0 Å². The molecule has 1 aliphatic rings. The van der Waals surface area contributed by atoms with Gasteiger partial charge in [-0.1, -0.05) is 23.7 Å². The van der Waals surface area contributed by atoms with Crippen molar-refractivity contribution >= 4 is 17.2 Å². The van der Waals surface area contributed by atoms with Gasteiger partial charge in [0, 0.05) is 16.8 Å². The van der Waals surface area contributed by atoms with Gasteiger partial charge < -0.3 is 10.4 Å². The molecule has 0 saturated heterocycles. The van der Waals surface area contributed by atoms with Crippen molar-refractivity contribution in [1.82, 2.24) is 5.32 Å². The van der Waals surface area contributed by atoms with Gasteiger partial charge in [0.15, 0.2) is 0 Å². The Bertz CT molecular complexity index is 505. The SMILES string of the molecule is OC1C=C(C(F)(F)F)NC=C1c1ccc(Cl)cc1. The minimum Gasteiger partial charge on any atom is -0.384 e. The second-order valence-electron chi connectivity index (χ2n) is 3.77. The van der Waals surface area contributed by atoms with Gasteiger partial charge in [0.25, 0.3) is 0 Å². The van der Waals surface area contributed by atoms with Crippen LogP contribution >= 0.6 is 11.6 Å². The number of benzene rings is 1. The number of allylic oxidation sites excluding steroid dienone is 1. The number of aliphatic hydroxyl groups excluding tert-OH is 1. The van der Waals surface area contributed by atoms with Crippen molar-refractivity contribution in [3.05, 3.63) is 52.8 Å². The van der Waals surface area contributed by atoms with E-state index in [0.29, 0.717) is 16.2 Å². The van der Waals surface area contributed by atoms with Crippen LogP contribution in [0.1, 0.15) is 5.56 Å². The molecule has 0 bridgehead atoms. The topological polar surface area (TPSA) is 32.3 Å². The first kappa shape index (κ1) is 13.0. The van der Waals surface area contributed by atoms with Crippen LogP contribution in [0.15, 0.2) is 42.2 Å². The number of alkyl halides is 3. The highest BCUT2D eigenvalue weighted by Gasteiger charge is 2.36. The van der Waals surface area contributed by atoms with Crippen molar-refractivity contribution < 1.29 is 18.3 Å². The summed E-state index contributed by atoms with van der Waals surface area (Å²) in [6.45, 7) is 0. The highest BCUT2D eigenvalue weighted by molar-refractivity contribution is 6.30. The lowest BCUT2D eigenvalue weighted by molar-refractivity contribution is -0.0964. The third-order valence-corrected chi connectivity index (χ3v) is 2.76. The predicted octanol–water partition coefficient (Wildman–Crippen LogP) is 3.09. The van der Waals surface area contributed by atoms with E-state index in [2.05, 4.69) is 5.32 Å². The summed E-state index contributed by atoms with van der Waals surface area (Å²) in [4.78, 5) is 0. The van der Waals surface area contributed by atoms with Gasteiger partial charge in [-0.3, -0.25) is 0 Å². The molecular formula is C12H9ClF3NO. The van der Waals surface area contributed by atoms with E-state index in [0.717, 1.165) is 12.3 Å². The van der Waals surface area contributed by atoms with Crippen molar-refractivity contribution in [3.8, 4) is 0 Å². The molecule has 0 radical (unpaired) electrons. The molecule has 0 aliphatic carbocycles. The van der Waals surface area contributed by atoms with Crippen LogP contribution in [0, 0.1) is 0 Å². The van der Waals surface area contributed by atoms with Crippen LogP contribution in [0.2, 0.25) is 5.02 Å². The maximum absolute atomic E-state index is 12.4. The maximum Gasteiger partial charge on any atom is 0.431 e. The van der Waals surface area contributed by atoms with E-state index in [9.17, 15) is 18.3 Å². The molecule has 0 fully saturated rings. The molecule has 1 aromatic rings. The lowest BCUT2D eigenvalue weighted by atomic mass is 9.98. The number of nitrogens with one attached hydrogen (secondary N) is 1. The summed E-state index contributed by atoms with van der Waals surface area (Å²) in [5, 5.41) is 12.4. The normalized spacial score (nSPS) is 19.9. The fourth-order valence-corrected chi connectivity index (χ4v) is 1.74. The zero-order valence-electron chi connectivity index (χ0n) is 9.00. The molecule has 1 aliphatic heterocycles. The monoisotopic (exact) mass is 275 g/mol. The van der Waals surface area contributed by atoms with Crippen molar-refractivity contribution in [1.29, 1.82) is 0 Å². The summed E-state index contributed by atoms with van der Waals surface area (Å²) < 4.78 is 37.2. The second-order valence-corrected chi connectivity index (χ2v) is 4.21. The van der Waals surface area contributed by atoms with Gasteiger partial charge in [-0.15, -0.1) is 0 Å². The molecule has 18 heavy (non-hydrogen) atoms. The highest BCUT2D eigenvalue weighted by atomic mass is 35.5. The Morgan fingerprint density at radius 3 is 2.28 bits per heavy atom. The molecular weight excluding hydrogens is 267 g/mol. The van der Waals surface area contributed by atoms with Crippen LogP contribution in [0.5, 0.6) is 0 Å². The Morgan fingerprint density at radius 2 is 1.78 bits per heavy atom. The summed E-state index contributed by atoms with van der Waals surface area (Å²) in [7, 11) is 0. The Morgan fingerprint density at radius 1 is 1.17 bits per heavy atom. The van der Waals surface area contributed by atoms with Crippen LogP contribution in [-0.4, -0.2) is 17.4 Å². The van der Waals surface area contributed by atoms with E-state index < -0.39 is 18.0 Å². The molecule has 0 saturated carbocycles. The summed E-state index contributed by atoms with van der Waals surface area (Å²) in [5.74, 6) is 0. The van der Waals surface area contributed by atoms with Gasteiger partial charge in [-0.05, 0) is 23.8 Å². The number of rotatable bonds is 1. The van der Waals surface area contributed by atoms with Gasteiger partial charge in [-0.25, -0.2) is 0 Å². The molecule has 0 aromatic heterocycles. The average molecular weight is 276 g/mol. The molecule has 1 heterocycles. The molecule has 2 rings (SSSR count). The molecule has 1 unspecified atom stereocenters. The predicted molar refractivity (Wildman–Crippen MR) is 62.7 cm³/mol. The lowest BCUT2D eigenvalue weighted by Gasteiger charge is -2.22. The van der Waals surface area contributed by atoms with Crippen LogP contribution in [-0.2, 0) is 0 Å². The lowest BCUT2D eigenvalue weighted by Crippen LogP contribution is -2.29. The molecule has 0 amide bonds. The number of hydrogen-bond acceptors (Lipinski definition) is 2. The van der Waals surface area contributed by atoms with E-state index in [1.54, 1.807) is 24.3 Å². The van der Waals surface area contributed by atoms with Gasteiger partial charge in [0.2, 0.25) is 0 Å². The highest BCUT2D eigenvalue weighted by Crippen LogP contribution is 2.30. The zero-order valence-corrected chi connectivity index (χ0v) is 9.76. The largest absolute Gasteiger partial charge is 0.431 e. The Hall–Kier alpha value is -1.46. The Labute approximate surface area is 106 Å². The summed E-state index contributed by atoms with van der Waals surface area (Å²) >= 11 is 5.71. The van der Waals surface area contributed by atoms with Crippen LogP contribution < -0.4 is 5.32 Å². The van der Waals surface area contributed by atoms with Gasteiger partial charge in [-0.2, -0.15) is 13.2 Å². The zero-order chi connectivity index (χ0) is 13.3. The van der Waals surface area contributed by atoms with Crippen molar-refractivity contribution in [2.45, 2.75) is 12.3 Å². The first-order chi connectivity index (χ1) is 8.38. The molecule has 96 valence electrons. The van der Waals surface area contributed by atoms with Gasteiger partial charge in [0.1, 0.15) is 11.8 Å². The van der Waals surface area contributed by atoms with Crippen LogP contribution in [0.4, 0.5) is 13.2 Å². The molecule has 6 heteroatoms. The summed E-state index contributed by atoms with van der Waals surface area (Å²) in [6, 6.07) is 6.47. The molecule has 2 N–H and O–H groups in total. The Kier molecular flexibility index (Phi) is 3.36. The van der Waals surface area contributed by atoms with Crippen molar-refractivity contribution in [2.75, 3.05) is 0 Å². The number of aliphatic hydroxyl groups is 1. The molecule has 1 atom stereocenters. The molecule has 1 aromatic carbocycles. The fourth-order valence-electron chi connectivity index (χ4n) is 1.61. The maximum atomic E-state index is 12.4. The minimum atomic E-state index is -4.50. The quantitative estimate of drug-likeness (QED) is 0.825. The minimum absolute atomic E-state index is 0.361. The third kappa shape index (κ3) is 2.68. The number of dihydropyridines is 1. The van der Waals surface area contributed by atoms with E-state index in [4.69, 9.17) is 11.6 Å². The standard InChI is InChI=1S/C12H9ClF3NO/c13-8-3-1-7(2-4-8)9-6-17-11(5-10(9)18)12(14,15)16/h1-6,10,17-18H. The third-order valence-electron chi connectivity index (χ3n) is 2.51. The van der Waals surface area contributed by atoms with E-state index in [-0.39, 0.29) is 0 Å². The summed E-state index contributed by atoms with van der Waals surface area (Å²) in [6.07, 6.45) is -3.91. The summed E-state index contributed by atoms with van der Waals surface area (Å²) in [5.41, 5.74) is 0.00394. The van der Waals surface area contributed by atoms with Gasteiger partial charge in [0.05, 0.1) is 0 Å². The van der Waals surface area contributed by atoms with E-state index in [1.165, 1.54) is 0 Å². The number of halogens is 4. The average Bonchev–Trinajstić information content (AvgIpc) is 2.29. The van der Waals surface area contributed by atoms with Crippen LogP contribution in [0.25, 0.3) is 5.57 Å². The van der Waals surface area contributed by atoms with E-state index >= 15 is 0 Å². The molecule has 2 nitrogen and oxygen atoms in total. The first-order valence-corrected chi connectivity index (χ1v) is 5.45. The first-order valence-electron chi connectivity index (χ1n) is 5.07. The van der Waals surface area contributed by atoms with Gasteiger partial charge >= 0.3 is 6.18 Å². The van der Waals surface area contributed by atoms with Crippen LogP contribution in [0.3, 0.4) is 0 Å². The second kappa shape index (κ2) is 4.66. The number of hydrogen-bond donors (Lipinski definition) is 2. The van der Waals surface area contributed by atoms with Crippen molar-refractivity contribution in [3.63, 3.8) is 0 Å². The Balaban J connectivity index is 2.24.